The number of hydrogen-bond acceptors (Lipinski definition) is 7. The first-order chi connectivity index (χ1) is 13.7. The number of amides is 1. The zero-order chi connectivity index (χ0) is 19.8. The van der Waals surface area contributed by atoms with Crippen molar-refractivity contribution in [3.05, 3.63) is 71.9 Å². The van der Waals surface area contributed by atoms with E-state index in [4.69, 9.17) is 9.47 Å². The van der Waals surface area contributed by atoms with Crippen molar-refractivity contribution >= 4 is 11.7 Å². The largest absolute Gasteiger partial charge is 0.493 e. The molecule has 1 aromatic carbocycles. The number of pyridine rings is 1. The summed E-state index contributed by atoms with van der Waals surface area (Å²) in [7, 11) is 3.15. The van der Waals surface area contributed by atoms with E-state index >= 15 is 0 Å². The second kappa shape index (κ2) is 9.31. The molecule has 8 nitrogen and oxygen atoms in total. The van der Waals surface area contributed by atoms with Crippen molar-refractivity contribution in [2.45, 2.75) is 13.1 Å². The first-order valence-electron chi connectivity index (χ1n) is 8.63. The number of methoxy groups -OCH3 is 2. The van der Waals surface area contributed by atoms with Gasteiger partial charge in [0.15, 0.2) is 11.5 Å². The molecule has 3 rings (SSSR count). The molecule has 0 aliphatic rings. The van der Waals surface area contributed by atoms with Gasteiger partial charge in [-0.15, -0.1) is 0 Å². The van der Waals surface area contributed by atoms with E-state index in [9.17, 15) is 4.79 Å². The van der Waals surface area contributed by atoms with Gasteiger partial charge in [0.1, 0.15) is 11.5 Å². The number of ether oxygens (including phenoxy) is 2. The molecular weight excluding hydrogens is 358 g/mol. The molecule has 8 heteroatoms. The van der Waals surface area contributed by atoms with Crippen LogP contribution in [0.25, 0.3) is 0 Å². The van der Waals surface area contributed by atoms with Crippen molar-refractivity contribution in [3.8, 4) is 11.5 Å². The van der Waals surface area contributed by atoms with Crippen LogP contribution in [-0.2, 0) is 13.1 Å². The van der Waals surface area contributed by atoms with Crippen molar-refractivity contribution in [2.75, 3.05) is 19.5 Å². The highest BCUT2D eigenvalue weighted by atomic mass is 16.5. The van der Waals surface area contributed by atoms with Crippen molar-refractivity contribution in [3.63, 3.8) is 0 Å². The minimum atomic E-state index is -0.303. The minimum absolute atomic E-state index is 0.245. The van der Waals surface area contributed by atoms with Crippen LogP contribution in [0.5, 0.6) is 11.5 Å². The lowest BCUT2D eigenvalue weighted by Gasteiger charge is -2.10. The quantitative estimate of drug-likeness (QED) is 0.620. The summed E-state index contributed by atoms with van der Waals surface area (Å²) in [5.41, 5.74) is 2.21. The predicted octanol–water partition coefficient (Wildman–Crippen LogP) is 2.43. The number of carbonyl (C=O) groups is 1. The van der Waals surface area contributed by atoms with Gasteiger partial charge >= 0.3 is 0 Å². The number of carbonyl (C=O) groups excluding carboxylic acids is 1. The lowest BCUT2D eigenvalue weighted by Crippen LogP contribution is -2.24. The molecule has 0 atom stereocenters. The van der Waals surface area contributed by atoms with Crippen LogP contribution in [0.2, 0.25) is 0 Å². The summed E-state index contributed by atoms with van der Waals surface area (Å²) >= 11 is 0. The zero-order valence-electron chi connectivity index (χ0n) is 15.7. The molecule has 3 aromatic rings. The van der Waals surface area contributed by atoms with Gasteiger partial charge in [0.2, 0.25) is 0 Å². The molecule has 0 radical (unpaired) electrons. The van der Waals surface area contributed by atoms with Crippen molar-refractivity contribution in [1.29, 1.82) is 0 Å². The number of aromatic nitrogens is 3. The van der Waals surface area contributed by atoms with Crippen LogP contribution < -0.4 is 20.1 Å². The number of hydrogen-bond donors (Lipinski definition) is 2. The molecule has 2 heterocycles. The van der Waals surface area contributed by atoms with Crippen LogP contribution in [0.15, 0.2) is 55.1 Å². The van der Waals surface area contributed by atoms with Crippen LogP contribution >= 0.6 is 0 Å². The first kappa shape index (κ1) is 19.1. The molecule has 2 N–H and O–H groups in total. The van der Waals surface area contributed by atoms with Gasteiger partial charge < -0.3 is 20.1 Å². The summed E-state index contributed by atoms with van der Waals surface area (Å²) in [6.07, 6.45) is 6.44. The third-order valence-corrected chi connectivity index (χ3v) is 4.01. The number of rotatable bonds is 8. The Morgan fingerprint density at radius 2 is 1.71 bits per heavy atom. The Labute approximate surface area is 163 Å². The Bertz CT molecular complexity index is 917. The summed E-state index contributed by atoms with van der Waals surface area (Å²) in [5.74, 6) is 1.54. The zero-order valence-corrected chi connectivity index (χ0v) is 15.7. The van der Waals surface area contributed by atoms with Gasteiger partial charge in [-0.3, -0.25) is 9.78 Å². The molecule has 0 fully saturated rings. The van der Waals surface area contributed by atoms with Gasteiger partial charge in [0, 0.05) is 25.5 Å². The fourth-order valence-electron chi connectivity index (χ4n) is 2.49. The standard InChI is InChI=1S/C20H21N5O3/c1-27-17-4-3-15(9-18(17)28-2)11-25-20(26)16-12-24-19(13-22-16)23-10-14-5-7-21-8-6-14/h3-9,12-13H,10-11H2,1-2H3,(H,23,24)(H,25,26). The fourth-order valence-corrected chi connectivity index (χ4v) is 2.49. The van der Waals surface area contributed by atoms with E-state index in [1.54, 1.807) is 32.7 Å². The highest BCUT2D eigenvalue weighted by Gasteiger charge is 2.09. The van der Waals surface area contributed by atoms with Crippen LogP contribution in [0.4, 0.5) is 5.82 Å². The van der Waals surface area contributed by atoms with Gasteiger partial charge in [-0.1, -0.05) is 6.07 Å². The maximum Gasteiger partial charge on any atom is 0.271 e. The maximum atomic E-state index is 12.3. The van der Waals surface area contributed by atoms with E-state index in [1.165, 1.54) is 12.4 Å². The smallest absolute Gasteiger partial charge is 0.271 e. The normalized spacial score (nSPS) is 10.2. The van der Waals surface area contributed by atoms with E-state index < -0.39 is 0 Å². The average molecular weight is 379 g/mol. The monoisotopic (exact) mass is 379 g/mol. The number of anilines is 1. The Morgan fingerprint density at radius 1 is 0.929 bits per heavy atom. The SMILES string of the molecule is COc1ccc(CNC(=O)c2cnc(NCc3ccncc3)cn2)cc1OC. The minimum Gasteiger partial charge on any atom is -0.493 e. The molecule has 1 amide bonds. The topological polar surface area (TPSA) is 98.3 Å². The van der Waals surface area contributed by atoms with E-state index in [0.717, 1.165) is 11.1 Å². The molecule has 0 aliphatic heterocycles. The second-order valence-electron chi connectivity index (χ2n) is 5.87. The number of nitrogens with zero attached hydrogens (tertiary/aromatic N) is 3. The van der Waals surface area contributed by atoms with E-state index in [-0.39, 0.29) is 11.6 Å². The Kier molecular flexibility index (Phi) is 6.35. The molecule has 28 heavy (non-hydrogen) atoms. The fraction of sp³-hybridized carbons (Fsp3) is 0.200. The summed E-state index contributed by atoms with van der Waals surface area (Å²) in [6, 6.07) is 9.30. The van der Waals surface area contributed by atoms with Crippen molar-refractivity contribution in [1.82, 2.24) is 20.3 Å². The highest BCUT2D eigenvalue weighted by Crippen LogP contribution is 2.27. The average Bonchev–Trinajstić information content (AvgIpc) is 2.76. The van der Waals surface area contributed by atoms with Gasteiger partial charge in [-0.05, 0) is 35.4 Å². The Morgan fingerprint density at radius 3 is 2.39 bits per heavy atom. The molecule has 0 aliphatic carbocycles. The number of benzene rings is 1. The third-order valence-electron chi connectivity index (χ3n) is 4.01. The van der Waals surface area contributed by atoms with Crippen LogP contribution in [0, 0.1) is 0 Å². The summed E-state index contributed by atoms with van der Waals surface area (Å²) in [4.78, 5) is 24.7. The second-order valence-corrected chi connectivity index (χ2v) is 5.87. The molecule has 2 aromatic heterocycles. The van der Waals surface area contributed by atoms with Crippen LogP contribution in [-0.4, -0.2) is 35.1 Å². The van der Waals surface area contributed by atoms with Crippen LogP contribution in [0.1, 0.15) is 21.6 Å². The lowest BCUT2D eigenvalue weighted by atomic mass is 10.2. The van der Waals surface area contributed by atoms with Crippen molar-refractivity contribution in [2.24, 2.45) is 0 Å². The molecule has 0 bridgehead atoms. The Hall–Kier alpha value is -3.68. The maximum absolute atomic E-state index is 12.3. The Balaban J connectivity index is 1.54. The van der Waals surface area contributed by atoms with Gasteiger partial charge in [0.05, 0.1) is 26.6 Å². The molecule has 0 saturated heterocycles. The van der Waals surface area contributed by atoms with E-state index in [0.29, 0.717) is 30.4 Å². The van der Waals surface area contributed by atoms with E-state index in [2.05, 4.69) is 25.6 Å². The molecule has 144 valence electrons. The highest BCUT2D eigenvalue weighted by molar-refractivity contribution is 5.91. The lowest BCUT2D eigenvalue weighted by molar-refractivity contribution is 0.0945. The van der Waals surface area contributed by atoms with E-state index in [1.807, 2.05) is 24.3 Å². The summed E-state index contributed by atoms with van der Waals surface area (Å²) in [6.45, 7) is 0.935. The molecular formula is C20H21N5O3. The first-order valence-corrected chi connectivity index (χ1v) is 8.63. The van der Waals surface area contributed by atoms with Crippen LogP contribution in [0.3, 0.4) is 0 Å². The summed E-state index contributed by atoms with van der Waals surface area (Å²) < 4.78 is 10.5. The predicted molar refractivity (Wildman–Crippen MR) is 104 cm³/mol. The third kappa shape index (κ3) is 4.94. The molecule has 0 spiro atoms. The molecule has 0 unspecified atom stereocenters. The molecule has 0 saturated carbocycles. The van der Waals surface area contributed by atoms with Crippen molar-refractivity contribution < 1.29 is 14.3 Å². The summed E-state index contributed by atoms with van der Waals surface area (Å²) in [5, 5.41) is 5.97. The number of nitrogens with one attached hydrogen (secondary N) is 2. The van der Waals surface area contributed by atoms with Gasteiger partial charge in [-0.25, -0.2) is 9.97 Å². The van der Waals surface area contributed by atoms with Gasteiger partial charge in [-0.2, -0.15) is 0 Å². The van der Waals surface area contributed by atoms with Gasteiger partial charge in [0.25, 0.3) is 5.91 Å².